The molecule has 10 nitrogen and oxygen atoms in total. The minimum atomic E-state index is -1.13. The maximum atomic E-state index is 12.5. The van der Waals surface area contributed by atoms with E-state index in [-0.39, 0.29) is 25.0 Å². The van der Waals surface area contributed by atoms with Crippen LogP contribution in [0.1, 0.15) is 48.9 Å². The Morgan fingerprint density at radius 1 is 1.48 bits per heavy atom. The quantitative estimate of drug-likeness (QED) is 0.776. The molecule has 0 saturated heterocycles. The number of carbonyl (C=O) groups is 2. The molecule has 1 aliphatic heterocycles. The predicted octanol–water partition coefficient (Wildman–Crippen LogP) is 0.643. The largest absolute Gasteiger partial charge is 0.480 e. The van der Waals surface area contributed by atoms with Gasteiger partial charge in [0.1, 0.15) is 19.3 Å². The van der Waals surface area contributed by atoms with Crippen LogP contribution in [0, 0.1) is 0 Å². The summed E-state index contributed by atoms with van der Waals surface area (Å²) in [5.41, 5.74) is 1.66. The Balaban J connectivity index is 1.81. The molecule has 0 radical (unpaired) electrons. The molecular weight excluding hydrogens is 330 g/mol. The maximum absolute atomic E-state index is 12.5. The molecule has 0 fully saturated rings. The van der Waals surface area contributed by atoms with E-state index in [1.165, 1.54) is 0 Å². The highest BCUT2D eigenvalue weighted by atomic mass is 16.5. The molecular formula is C15H19N5O5. The Morgan fingerprint density at radius 3 is 2.96 bits per heavy atom. The second-order valence-electron chi connectivity index (χ2n) is 6.10. The van der Waals surface area contributed by atoms with Crippen molar-refractivity contribution in [2.24, 2.45) is 0 Å². The normalized spacial score (nSPS) is 16.9. The lowest BCUT2D eigenvalue weighted by Gasteiger charge is -2.32. The molecule has 1 aliphatic rings. The number of carboxylic acids is 1. The van der Waals surface area contributed by atoms with Crippen molar-refractivity contribution in [3.63, 3.8) is 0 Å². The fraction of sp³-hybridized carbons (Fsp3) is 0.533. The number of imidazole rings is 1. The molecule has 0 saturated carbocycles. The van der Waals surface area contributed by atoms with Crippen molar-refractivity contribution in [2.75, 3.05) is 13.2 Å². The number of aromatic nitrogens is 4. The molecule has 0 aliphatic carbocycles. The smallest absolute Gasteiger partial charge is 0.329 e. The molecule has 0 unspecified atom stereocenters. The molecule has 3 heterocycles. The van der Waals surface area contributed by atoms with Gasteiger partial charge in [0, 0.05) is 12.3 Å². The van der Waals surface area contributed by atoms with Crippen LogP contribution in [0.3, 0.4) is 0 Å². The van der Waals surface area contributed by atoms with Gasteiger partial charge < -0.3 is 24.3 Å². The van der Waals surface area contributed by atoms with Gasteiger partial charge in [0.25, 0.3) is 0 Å². The van der Waals surface area contributed by atoms with Gasteiger partial charge in [-0.05, 0) is 0 Å². The molecule has 2 N–H and O–H groups in total. The summed E-state index contributed by atoms with van der Waals surface area (Å²) >= 11 is 0. The van der Waals surface area contributed by atoms with Crippen LogP contribution in [0.2, 0.25) is 0 Å². The molecule has 2 aromatic rings. The molecule has 25 heavy (non-hydrogen) atoms. The molecule has 0 spiro atoms. The number of hydrogen-bond donors (Lipinski definition) is 2. The number of rotatable bonds is 6. The molecule has 3 rings (SSSR count). The molecule has 134 valence electrons. The van der Waals surface area contributed by atoms with Gasteiger partial charge in [-0.1, -0.05) is 19.0 Å². The van der Waals surface area contributed by atoms with E-state index in [9.17, 15) is 9.59 Å². The molecule has 0 bridgehead atoms. The van der Waals surface area contributed by atoms with Crippen molar-refractivity contribution < 1.29 is 24.0 Å². The second kappa shape index (κ2) is 7.01. The third kappa shape index (κ3) is 3.68. The summed E-state index contributed by atoms with van der Waals surface area (Å²) in [6, 6.07) is -0.461. The first-order valence-electron chi connectivity index (χ1n) is 7.89. The van der Waals surface area contributed by atoms with E-state index in [1.807, 2.05) is 13.8 Å². The van der Waals surface area contributed by atoms with Gasteiger partial charge in [0.2, 0.25) is 11.8 Å². The fourth-order valence-corrected chi connectivity index (χ4v) is 2.64. The summed E-state index contributed by atoms with van der Waals surface area (Å²) in [6.07, 6.45) is 2.01. The predicted molar refractivity (Wildman–Crippen MR) is 82.4 cm³/mol. The van der Waals surface area contributed by atoms with Crippen molar-refractivity contribution in [1.82, 2.24) is 25.0 Å². The topological polar surface area (TPSA) is 134 Å². The van der Waals surface area contributed by atoms with Crippen molar-refractivity contribution >= 4 is 11.9 Å². The number of aliphatic carboxylic acids is 1. The number of nitrogens with one attached hydrogen (secondary N) is 1. The van der Waals surface area contributed by atoms with Crippen LogP contribution in [0.5, 0.6) is 0 Å². The average Bonchev–Trinajstić information content (AvgIpc) is 3.21. The van der Waals surface area contributed by atoms with Crippen LogP contribution < -0.4 is 0 Å². The van der Waals surface area contributed by atoms with Gasteiger partial charge in [-0.3, -0.25) is 4.79 Å². The third-order valence-electron chi connectivity index (χ3n) is 3.93. The molecule has 1 amide bonds. The number of amides is 1. The Labute approximate surface area is 143 Å². The monoisotopic (exact) mass is 349 g/mol. The highest BCUT2D eigenvalue weighted by Gasteiger charge is 2.36. The van der Waals surface area contributed by atoms with E-state index in [4.69, 9.17) is 14.4 Å². The lowest BCUT2D eigenvalue weighted by molar-refractivity contribution is -0.147. The Morgan fingerprint density at radius 2 is 2.28 bits per heavy atom. The molecule has 0 aromatic carbocycles. The van der Waals surface area contributed by atoms with Gasteiger partial charge in [0.05, 0.1) is 24.3 Å². The Hall–Kier alpha value is -2.75. The van der Waals surface area contributed by atoms with Crippen molar-refractivity contribution in [3.8, 4) is 0 Å². The summed E-state index contributed by atoms with van der Waals surface area (Å²) in [6.45, 7) is 3.32. The lowest BCUT2D eigenvalue weighted by atomic mass is 10.0. The van der Waals surface area contributed by atoms with E-state index in [0.717, 1.165) is 11.4 Å². The number of nitrogens with zero attached hydrogens (tertiary/aromatic N) is 4. The van der Waals surface area contributed by atoms with Crippen molar-refractivity contribution in [1.29, 1.82) is 0 Å². The fourth-order valence-electron chi connectivity index (χ4n) is 2.64. The van der Waals surface area contributed by atoms with Gasteiger partial charge >= 0.3 is 5.97 Å². The molecule has 2 aromatic heterocycles. The summed E-state index contributed by atoms with van der Waals surface area (Å²) in [7, 11) is 0. The Kier molecular flexibility index (Phi) is 4.79. The number of carboxylic acid groups (broad SMARTS) is 1. The Bertz CT molecular complexity index is 768. The number of H-pyrrole nitrogens is 1. The van der Waals surface area contributed by atoms with Gasteiger partial charge in [0.15, 0.2) is 5.82 Å². The highest BCUT2D eigenvalue weighted by molar-refractivity contribution is 5.78. The standard InChI is InChI=1S/C15H19N5O5/c1-8(2)14-18-15(25-19-14)11-3-9-10(17-7-16-9)4-20(11)12(21)5-24-6-13(22)23/h7-8,11H,3-6H2,1-2H3,(H,16,17)(H,22,23)/t11-/m0/s1. The number of carbonyl (C=O) groups excluding carboxylic acids is 1. The van der Waals surface area contributed by atoms with Gasteiger partial charge in [-0.25, -0.2) is 9.78 Å². The maximum Gasteiger partial charge on any atom is 0.329 e. The number of fused-ring (bicyclic) bond motifs is 1. The minimum absolute atomic E-state index is 0.102. The zero-order chi connectivity index (χ0) is 18.0. The van der Waals surface area contributed by atoms with E-state index in [1.54, 1.807) is 11.2 Å². The summed E-state index contributed by atoms with van der Waals surface area (Å²) in [5, 5.41) is 12.6. The van der Waals surface area contributed by atoms with Gasteiger partial charge in [-0.2, -0.15) is 4.98 Å². The first-order chi connectivity index (χ1) is 12.0. The van der Waals surface area contributed by atoms with Crippen LogP contribution in [0.4, 0.5) is 0 Å². The van der Waals surface area contributed by atoms with E-state index in [2.05, 4.69) is 20.1 Å². The van der Waals surface area contributed by atoms with Crippen LogP contribution in [0.15, 0.2) is 10.9 Å². The van der Waals surface area contributed by atoms with E-state index in [0.29, 0.717) is 18.1 Å². The van der Waals surface area contributed by atoms with Crippen LogP contribution >= 0.6 is 0 Å². The number of ether oxygens (including phenoxy) is 1. The van der Waals surface area contributed by atoms with Crippen LogP contribution in [0.25, 0.3) is 0 Å². The summed E-state index contributed by atoms with van der Waals surface area (Å²) in [4.78, 5) is 36.3. The van der Waals surface area contributed by atoms with Crippen molar-refractivity contribution in [3.05, 3.63) is 29.4 Å². The van der Waals surface area contributed by atoms with Crippen LogP contribution in [-0.2, 0) is 27.3 Å². The first kappa shape index (κ1) is 17.1. The first-order valence-corrected chi connectivity index (χ1v) is 7.89. The average molecular weight is 349 g/mol. The summed E-state index contributed by atoms with van der Waals surface area (Å²) < 4.78 is 10.3. The molecule has 10 heteroatoms. The third-order valence-corrected chi connectivity index (χ3v) is 3.93. The zero-order valence-corrected chi connectivity index (χ0v) is 13.9. The minimum Gasteiger partial charge on any atom is -0.480 e. The van der Waals surface area contributed by atoms with Gasteiger partial charge in [-0.15, -0.1) is 0 Å². The zero-order valence-electron chi connectivity index (χ0n) is 13.9. The SMILES string of the molecule is CC(C)c1noc([C@@H]2Cc3nc[nH]c3CN2C(=O)COCC(=O)O)n1. The lowest BCUT2D eigenvalue weighted by Crippen LogP contribution is -2.41. The van der Waals surface area contributed by atoms with E-state index >= 15 is 0 Å². The summed E-state index contributed by atoms with van der Waals surface area (Å²) in [5.74, 6) is -0.473. The molecule has 1 atom stereocenters. The van der Waals surface area contributed by atoms with Crippen molar-refractivity contribution in [2.45, 2.75) is 38.8 Å². The number of aromatic amines is 1. The van der Waals surface area contributed by atoms with Crippen LogP contribution in [-0.4, -0.2) is 55.2 Å². The highest BCUT2D eigenvalue weighted by Crippen LogP contribution is 2.31. The number of hydrogen-bond acceptors (Lipinski definition) is 7. The second-order valence-corrected chi connectivity index (χ2v) is 6.10. The van der Waals surface area contributed by atoms with E-state index < -0.39 is 18.6 Å².